The van der Waals surface area contributed by atoms with Crippen LogP contribution in [0.1, 0.15) is 24.6 Å². The molecule has 2 heterocycles. The predicted octanol–water partition coefficient (Wildman–Crippen LogP) is 1.66. The van der Waals surface area contributed by atoms with Crippen molar-refractivity contribution in [2.75, 3.05) is 5.73 Å². The van der Waals surface area contributed by atoms with Gasteiger partial charge in [0, 0.05) is 5.69 Å². The first-order chi connectivity index (χ1) is 7.24. The Morgan fingerprint density at radius 1 is 1.53 bits per heavy atom. The normalized spacial score (nSPS) is 20.5. The van der Waals surface area contributed by atoms with Gasteiger partial charge in [0.05, 0.1) is 5.39 Å². The highest BCUT2D eigenvalue weighted by atomic mass is 15.2. The zero-order chi connectivity index (χ0) is 10.4. The number of nitrogens with two attached hydrogens (primary N) is 1. The third kappa shape index (κ3) is 1.28. The van der Waals surface area contributed by atoms with E-state index < -0.39 is 0 Å². The molecule has 4 heteroatoms. The van der Waals surface area contributed by atoms with Crippen LogP contribution in [0.15, 0.2) is 6.07 Å². The van der Waals surface area contributed by atoms with E-state index in [1.165, 1.54) is 17.7 Å². The first-order valence-electron chi connectivity index (χ1n) is 5.36. The minimum absolute atomic E-state index is 0.555. The van der Waals surface area contributed by atoms with Crippen LogP contribution in [0.2, 0.25) is 0 Å². The summed E-state index contributed by atoms with van der Waals surface area (Å²) in [4.78, 5) is 4.59. The molecular formula is C11H14N4. The molecule has 1 atom stereocenters. The first-order valence-corrected chi connectivity index (χ1v) is 5.36. The van der Waals surface area contributed by atoms with Gasteiger partial charge in [-0.2, -0.15) is 5.10 Å². The molecule has 3 N–H and O–H groups in total. The van der Waals surface area contributed by atoms with Gasteiger partial charge < -0.3 is 5.73 Å². The van der Waals surface area contributed by atoms with E-state index in [9.17, 15) is 0 Å². The molecule has 3 rings (SSSR count). The van der Waals surface area contributed by atoms with Crippen LogP contribution in [0.5, 0.6) is 0 Å². The maximum atomic E-state index is 5.75. The van der Waals surface area contributed by atoms with Crippen molar-refractivity contribution in [3.8, 4) is 0 Å². The fourth-order valence-corrected chi connectivity index (χ4v) is 2.27. The molecule has 0 amide bonds. The van der Waals surface area contributed by atoms with Crippen LogP contribution < -0.4 is 5.73 Å². The Balaban J connectivity index is 2.21. The summed E-state index contributed by atoms with van der Waals surface area (Å²) in [7, 11) is 0. The quantitative estimate of drug-likeness (QED) is 0.682. The van der Waals surface area contributed by atoms with Gasteiger partial charge >= 0.3 is 0 Å². The molecule has 78 valence electrons. The molecule has 0 fully saturated rings. The molecular weight excluding hydrogens is 188 g/mol. The largest absolute Gasteiger partial charge is 0.382 e. The fraction of sp³-hybridized carbons (Fsp3) is 0.455. The van der Waals surface area contributed by atoms with Crippen LogP contribution in [-0.4, -0.2) is 15.2 Å². The average molecular weight is 202 g/mol. The molecule has 0 radical (unpaired) electrons. The molecule has 0 saturated carbocycles. The Morgan fingerprint density at radius 2 is 2.40 bits per heavy atom. The van der Waals surface area contributed by atoms with Crippen molar-refractivity contribution in [3.63, 3.8) is 0 Å². The number of aromatic amines is 1. The van der Waals surface area contributed by atoms with E-state index >= 15 is 0 Å². The smallest absolute Gasteiger partial charge is 0.157 e. The van der Waals surface area contributed by atoms with Crippen molar-refractivity contribution in [1.82, 2.24) is 15.2 Å². The van der Waals surface area contributed by atoms with E-state index in [0.29, 0.717) is 5.82 Å². The van der Waals surface area contributed by atoms with Crippen LogP contribution in [-0.2, 0) is 12.8 Å². The molecule has 2 aromatic rings. The zero-order valence-electron chi connectivity index (χ0n) is 8.75. The number of H-pyrrole nitrogens is 1. The minimum Gasteiger partial charge on any atom is -0.382 e. The Kier molecular flexibility index (Phi) is 1.71. The lowest BCUT2D eigenvalue weighted by Gasteiger charge is -2.20. The van der Waals surface area contributed by atoms with Gasteiger partial charge in [-0.15, -0.1) is 0 Å². The number of rotatable bonds is 0. The highest BCUT2D eigenvalue weighted by Crippen LogP contribution is 2.27. The number of pyridine rings is 1. The maximum Gasteiger partial charge on any atom is 0.157 e. The molecule has 1 aliphatic rings. The first kappa shape index (κ1) is 8.71. The second-order valence-electron chi connectivity index (χ2n) is 4.45. The summed E-state index contributed by atoms with van der Waals surface area (Å²) in [6, 6.07) is 2.14. The second-order valence-corrected chi connectivity index (χ2v) is 4.45. The predicted molar refractivity (Wildman–Crippen MR) is 59.5 cm³/mol. The number of aromatic nitrogens is 3. The topological polar surface area (TPSA) is 67.6 Å². The second kappa shape index (κ2) is 2.95. The van der Waals surface area contributed by atoms with Crippen LogP contribution in [0.4, 0.5) is 5.82 Å². The lowest BCUT2D eigenvalue weighted by atomic mass is 9.88. The molecule has 0 spiro atoms. The fourth-order valence-electron chi connectivity index (χ4n) is 2.27. The molecule has 0 bridgehead atoms. The molecule has 0 aromatic carbocycles. The van der Waals surface area contributed by atoms with Crippen LogP contribution in [0.25, 0.3) is 11.0 Å². The SMILES string of the molecule is CC1CCc2cc3c(N)n[nH]c3nc2C1. The molecule has 2 aromatic heterocycles. The summed E-state index contributed by atoms with van der Waals surface area (Å²) in [6.07, 6.45) is 3.44. The summed E-state index contributed by atoms with van der Waals surface area (Å²) in [5.41, 5.74) is 9.13. The van der Waals surface area contributed by atoms with Crippen LogP contribution in [0.3, 0.4) is 0 Å². The summed E-state index contributed by atoms with van der Waals surface area (Å²) in [6.45, 7) is 2.27. The zero-order valence-corrected chi connectivity index (χ0v) is 8.75. The van der Waals surface area contributed by atoms with Crippen LogP contribution >= 0.6 is 0 Å². The Labute approximate surface area is 87.9 Å². The van der Waals surface area contributed by atoms with Gasteiger partial charge in [0.2, 0.25) is 0 Å². The molecule has 0 aliphatic heterocycles. The van der Waals surface area contributed by atoms with Crippen molar-refractivity contribution in [1.29, 1.82) is 0 Å². The number of nitrogens with zero attached hydrogens (tertiary/aromatic N) is 2. The Morgan fingerprint density at radius 3 is 3.27 bits per heavy atom. The van der Waals surface area contributed by atoms with E-state index in [1.54, 1.807) is 0 Å². The third-order valence-electron chi connectivity index (χ3n) is 3.20. The summed E-state index contributed by atoms with van der Waals surface area (Å²) < 4.78 is 0. The Hall–Kier alpha value is -1.58. The lowest BCUT2D eigenvalue weighted by molar-refractivity contribution is 0.493. The monoisotopic (exact) mass is 202 g/mol. The summed E-state index contributed by atoms with van der Waals surface area (Å²) >= 11 is 0. The molecule has 1 aliphatic carbocycles. The summed E-state index contributed by atoms with van der Waals surface area (Å²) in [5, 5.41) is 7.80. The van der Waals surface area contributed by atoms with Gasteiger partial charge in [-0.05, 0) is 36.8 Å². The highest BCUT2D eigenvalue weighted by molar-refractivity contribution is 5.86. The number of anilines is 1. The number of fused-ring (bicyclic) bond motifs is 2. The van der Waals surface area contributed by atoms with E-state index in [0.717, 1.165) is 29.8 Å². The van der Waals surface area contributed by atoms with Crippen molar-refractivity contribution < 1.29 is 0 Å². The van der Waals surface area contributed by atoms with E-state index in [1.807, 2.05) is 0 Å². The van der Waals surface area contributed by atoms with Gasteiger partial charge in [-0.1, -0.05) is 6.92 Å². The van der Waals surface area contributed by atoms with E-state index in [-0.39, 0.29) is 0 Å². The average Bonchev–Trinajstić information content (AvgIpc) is 2.57. The Bertz CT molecular complexity index is 515. The van der Waals surface area contributed by atoms with Crippen molar-refractivity contribution in [2.45, 2.75) is 26.2 Å². The van der Waals surface area contributed by atoms with Crippen LogP contribution in [0, 0.1) is 5.92 Å². The number of nitrogen functional groups attached to an aromatic ring is 1. The molecule has 4 nitrogen and oxygen atoms in total. The van der Waals surface area contributed by atoms with Crippen molar-refractivity contribution >= 4 is 16.9 Å². The number of hydrogen-bond donors (Lipinski definition) is 2. The minimum atomic E-state index is 0.555. The number of nitrogens with one attached hydrogen (secondary N) is 1. The van der Waals surface area contributed by atoms with Gasteiger partial charge in [0.25, 0.3) is 0 Å². The number of aryl methyl sites for hydroxylation is 1. The third-order valence-corrected chi connectivity index (χ3v) is 3.20. The van der Waals surface area contributed by atoms with Gasteiger partial charge in [0.15, 0.2) is 11.5 Å². The van der Waals surface area contributed by atoms with Gasteiger partial charge in [0.1, 0.15) is 0 Å². The maximum absolute atomic E-state index is 5.75. The molecule has 15 heavy (non-hydrogen) atoms. The van der Waals surface area contributed by atoms with Crippen molar-refractivity contribution in [3.05, 3.63) is 17.3 Å². The van der Waals surface area contributed by atoms with E-state index in [4.69, 9.17) is 5.73 Å². The molecule has 0 saturated heterocycles. The van der Waals surface area contributed by atoms with Gasteiger partial charge in [-0.3, -0.25) is 5.10 Å². The summed E-state index contributed by atoms with van der Waals surface area (Å²) in [5.74, 6) is 1.29. The van der Waals surface area contributed by atoms with E-state index in [2.05, 4.69) is 28.2 Å². The number of hydrogen-bond acceptors (Lipinski definition) is 3. The van der Waals surface area contributed by atoms with Crippen molar-refractivity contribution in [2.24, 2.45) is 5.92 Å². The standard InChI is InChI=1S/C11H14N4/c1-6-2-3-7-5-8-10(12)14-15-11(8)13-9(7)4-6/h5-6H,2-4H2,1H3,(H3,12,13,14,15). The lowest BCUT2D eigenvalue weighted by Crippen LogP contribution is -2.13. The van der Waals surface area contributed by atoms with Gasteiger partial charge in [-0.25, -0.2) is 4.98 Å². The highest BCUT2D eigenvalue weighted by Gasteiger charge is 2.18. The molecule has 1 unspecified atom stereocenters.